The van der Waals surface area contributed by atoms with E-state index in [0.29, 0.717) is 12.8 Å². The fraction of sp³-hybridized carbons (Fsp3) is 0.556. The minimum atomic E-state index is -2.06. The molecule has 1 amide bonds. The van der Waals surface area contributed by atoms with E-state index in [9.17, 15) is 39.9 Å². The van der Waals surface area contributed by atoms with Crippen molar-refractivity contribution in [2.24, 2.45) is 28.8 Å². The highest BCUT2D eigenvalue weighted by Crippen LogP contribution is 2.55. The number of ether oxygens (including phenoxy) is 4. The second kappa shape index (κ2) is 20.0. The number of aromatic hydroxyl groups is 3. The number of aliphatic hydroxyl groups excluding tert-OH is 2. The van der Waals surface area contributed by atoms with E-state index in [1.807, 2.05) is 13.8 Å². The summed E-state index contributed by atoms with van der Waals surface area (Å²) in [5.74, 6) is -8.57. The number of esters is 1. The average molecular weight is 839 g/mol. The Morgan fingerprint density at radius 2 is 1.60 bits per heavy atom. The first-order valence-electron chi connectivity index (χ1n) is 20.5. The molecule has 330 valence electrons. The maximum Gasteiger partial charge on any atom is 0.312 e. The third-order valence-electron chi connectivity index (χ3n) is 11.6. The molecule has 0 saturated carbocycles. The van der Waals surface area contributed by atoms with Crippen LogP contribution in [0.5, 0.6) is 23.0 Å². The van der Waals surface area contributed by atoms with Crippen LogP contribution < -0.4 is 10.1 Å². The molecule has 15 heteroatoms. The molecule has 6 N–H and O–H groups in total. The lowest BCUT2D eigenvalue weighted by Crippen LogP contribution is -2.46. The summed E-state index contributed by atoms with van der Waals surface area (Å²) in [6, 6.07) is 0. The van der Waals surface area contributed by atoms with Gasteiger partial charge in [0.2, 0.25) is 0 Å². The van der Waals surface area contributed by atoms with Crippen molar-refractivity contribution in [3.05, 3.63) is 52.8 Å². The second-order valence-electron chi connectivity index (χ2n) is 16.2. The van der Waals surface area contributed by atoms with Crippen LogP contribution in [0.15, 0.2) is 41.3 Å². The number of rotatable bonds is 9. The van der Waals surface area contributed by atoms with Crippen LogP contribution >= 0.6 is 0 Å². The number of carbonyl (C=O) groups excluding carboxylic acids is 3. The monoisotopic (exact) mass is 838 g/mol. The van der Waals surface area contributed by atoms with Crippen LogP contribution in [-0.2, 0) is 28.6 Å². The van der Waals surface area contributed by atoms with Crippen LogP contribution in [-0.4, -0.2) is 92.8 Å². The van der Waals surface area contributed by atoms with Gasteiger partial charge in [0.25, 0.3) is 11.7 Å². The standard InChI is InChI=1S/C45H62N2O13/c1-12-15-29(16-13-2)60-46-21-30-35-40(53)33-32(39(30)52)34-42(27(8)38(33)51)59-45(10,43(34)54)57-20-19-31(56-11)24(5)41(58-28(9)48)26(7)37(50)25(6)36(49)22(3)17-14-18-23(4)44(55)47-35/h14,17-22,24-26,29,31,36-37,41,49-53H,12-13,15-16H2,1-11H3,(H,47,55)/b17-14+,20-19+,23-18+,46-21+/t22-,24+,25+,26+,31-,36-,37+,41+,45-/m0/s1. The molecule has 0 aliphatic carbocycles. The molecule has 9 atom stereocenters. The number of oxime groups is 1. The molecule has 60 heavy (non-hydrogen) atoms. The molecule has 0 aromatic heterocycles. The van der Waals surface area contributed by atoms with Gasteiger partial charge < -0.3 is 54.6 Å². The molecule has 3 heterocycles. The Balaban J connectivity index is 1.97. The number of methoxy groups -OCH3 is 1. The van der Waals surface area contributed by atoms with E-state index < -0.39 is 88.8 Å². The van der Waals surface area contributed by atoms with Crippen molar-refractivity contribution in [2.75, 3.05) is 12.4 Å². The molecule has 2 aromatic rings. The minimum absolute atomic E-state index is 0.0401. The molecule has 3 aliphatic rings. The third kappa shape index (κ3) is 9.74. The zero-order valence-corrected chi connectivity index (χ0v) is 36.4. The number of amides is 1. The van der Waals surface area contributed by atoms with Gasteiger partial charge in [-0.15, -0.1) is 0 Å². The number of carbonyl (C=O) groups is 3. The average Bonchev–Trinajstić information content (AvgIpc) is 3.47. The maximum atomic E-state index is 14.4. The summed E-state index contributed by atoms with van der Waals surface area (Å²) < 4.78 is 23.6. The summed E-state index contributed by atoms with van der Waals surface area (Å²) in [7, 11) is 1.43. The van der Waals surface area contributed by atoms with Crippen molar-refractivity contribution >= 4 is 40.3 Å². The fourth-order valence-electron chi connectivity index (χ4n) is 7.94. The molecular formula is C45H62N2O13. The Morgan fingerprint density at radius 3 is 2.20 bits per heavy atom. The van der Waals surface area contributed by atoms with Crippen LogP contribution in [0.25, 0.3) is 10.8 Å². The number of nitrogens with zero attached hydrogens (tertiary/aromatic N) is 1. The molecule has 0 unspecified atom stereocenters. The summed E-state index contributed by atoms with van der Waals surface area (Å²) >= 11 is 0. The maximum absolute atomic E-state index is 14.4. The van der Waals surface area contributed by atoms with Crippen molar-refractivity contribution in [2.45, 2.75) is 131 Å². The molecule has 0 fully saturated rings. The predicted molar refractivity (Wildman–Crippen MR) is 226 cm³/mol. The summed E-state index contributed by atoms with van der Waals surface area (Å²) in [5.41, 5.74) is -0.552. The van der Waals surface area contributed by atoms with Crippen molar-refractivity contribution in [3.8, 4) is 23.0 Å². The van der Waals surface area contributed by atoms with E-state index in [1.54, 1.807) is 39.8 Å². The highest BCUT2D eigenvalue weighted by molar-refractivity contribution is 6.23. The lowest BCUT2D eigenvalue weighted by molar-refractivity contribution is -0.160. The molecule has 3 aliphatic heterocycles. The van der Waals surface area contributed by atoms with Crippen molar-refractivity contribution < 1.29 is 63.7 Å². The molecule has 2 aromatic carbocycles. The van der Waals surface area contributed by atoms with Gasteiger partial charge in [0.05, 0.1) is 53.0 Å². The number of allylic oxidation sites excluding steroid dienone is 2. The largest absolute Gasteiger partial charge is 0.507 e. The molecule has 0 saturated heterocycles. The van der Waals surface area contributed by atoms with Gasteiger partial charge in [-0.1, -0.05) is 77.8 Å². The summed E-state index contributed by atoms with van der Waals surface area (Å²) in [5, 5.41) is 64.5. The van der Waals surface area contributed by atoms with Crippen molar-refractivity contribution in [3.63, 3.8) is 0 Å². The summed E-state index contributed by atoms with van der Waals surface area (Å²) in [4.78, 5) is 46.3. The van der Waals surface area contributed by atoms with Gasteiger partial charge in [-0.3, -0.25) is 14.4 Å². The zero-order chi connectivity index (χ0) is 44.8. The number of fused-ring (bicyclic) bond motifs is 14. The normalized spacial score (nSPS) is 29.9. The van der Waals surface area contributed by atoms with Gasteiger partial charge >= 0.3 is 11.8 Å². The van der Waals surface area contributed by atoms with E-state index in [4.69, 9.17) is 23.8 Å². The number of nitrogens with one attached hydrogen (secondary N) is 1. The number of Topliss-reactive ketones (excluding diaryl/α,β-unsaturated/α-hetero) is 1. The van der Waals surface area contributed by atoms with Gasteiger partial charge in [0.15, 0.2) is 5.75 Å². The third-order valence-corrected chi connectivity index (χ3v) is 11.6. The first-order valence-corrected chi connectivity index (χ1v) is 20.5. The first-order chi connectivity index (χ1) is 28.3. The van der Waals surface area contributed by atoms with Crippen LogP contribution in [0.4, 0.5) is 5.69 Å². The lowest BCUT2D eigenvalue weighted by Gasteiger charge is -2.38. The summed E-state index contributed by atoms with van der Waals surface area (Å²) in [6.07, 6.45) is 7.41. The van der Waals surface area contributed by atoms with Gasteiger partial charge in [-0.05, 0) is 32.8 Å². The Bertz CT molecular complexity index is 2030. The zero-order valence-electron chi connectivity index (χ0n) is 36.4. The van der Waals surface area contributed by atoms with Gasteiger partial charge in [-0.2, -0.15) is 0 Å². The number of anilines is 1. The van der Waals surface area contributed by atoms with E-state index in [-0.39, 0.29) is 50.6 Å². The number of hydrogen-bond donors (Lipinski definition) is 6. The molecular weight excluding hydrogens is 776 g/mol. The van der Waals surface area contributed by atoms with Gasteiger partial charge in [-0.25, -0.2) is 0 Å². The van der Waals surface area contributed by atoms with Crippen molar-refractivity contribution in [1.82, 2.24) is 0 Å². The number of aliphatic hydroxyl groups is 2. The number of hydrogen-bond acceptors (Lipinski definition) is 14. The number of phenolic OH excluding ortho intramolecular Hbond substituents is 3. The SMILES string of the molecule is CCCC(CCC)O/N=C/c1c2c(O)c3c(O)c(C)c4c(c3c1O)C(=O)[C@@](C)(O/C=C/[C@H](OC)[C@@H](C)[C@@H](OC(C)=O)[C@H](C)[C@H](O)[C@H](C)[C@@H](O)[C@@H](C)/C=C/C=C(\C)C(=O)N2)O4. The summed E-state index contributed by atoms with van der Waals surface area (Å²) in [6.45, 7) is 16.5. The van der Waals surface area contributed by atoms with E-state index in [0.717, 1.165) is 19.1 Å². The highest BCUT2D eigenvalue weighted by atomic mass is 16.7. The van der Waals surface area contributed by atoms with Gasteiger partial charge in [0, 0.05) is 61.2 Å². The quantitative estimate of drug-likeness (QED) is 0.0489. The Morgan fingerprint density at radius 1 is 0.950 bits per heavy atom. The number of benzene rings is 2. The predicted octanol–water partition coefficient (Wildman–Crippen LogP) is 7.07. The first kappa shape index (κ1) is 47.6. The molecule has 0 radical (unpaired) electrons. The molecule has 5 bridgehead atoms. The van der Waals surface area contributed by atoms with Crippen LogP contribution in [0, 0.1) is 30.6 Å². The molecule has 5 rings (SSSR count). The van der Waals surface area contributed by atoms with Crippen molar-refractivity contribution in [1.29, 1.82) is 0 Å². The van der Waals surface area contributed by atoms with Crippen LogP contribution in [0.1, 0.15) is 109 Å². The van der Waals surface area contributed by atoms with Crippen LogP contribution in [0.2, 0.25) is 0 Å². The van der Waals surface area contributed by atoms with Crippen LogP contribution in [0.3, 0.4) is 0 Å². The fourth-order valence-corrected chi connectivity index (χ4v) is 7.94. The Labute approximate surface area is 351 Å². The topological polar surface area (TPSA) is 223 Å². The second-order valence-corrected chi connectivity index (χ2v) is 16.2. The van der Waals surface area contributed by atoms with Gasteiger partial charge in [0.1, 0.15) is 29.5 Å². The number of phenols is 3. The highest BCUT2D eigenvalue weighted by Gasteiger charge is 2.50. The minimum Gasteiger partial charge on any atom is -0.507 e. The Kier molecular flexibility index (Phi) is 15.8. The van der Waals surface area contributed by atoms with E-state index in [2.05, 4.69) is 10.5 Å². The lowest BCUT2D eigenvalue weighted by atomic mass is 9.78. The van der Waals surface area contributed by atoms with E-state index in [1.165, 1.54) is 53.2 Å². The molecule has 0 spiro atoms. The molecule has 15 nitrogen and oxygen atoms in total. The Hall–Kier alpha value is -5.12. The smallest absolute Gasteiger partial charge is 0.312 e. The van der Waals surface area contributed by atoms with E-state index >= 15 is 0 Å². The number of ketones is 1.